The molecule has 4 nitrogen and oxygen atoms in total. The molecule has 0 radical (unpaired) electrons. The van der Waals surface area contributed by atoms with E-state index in [0.29, 0.717) is 17.1 Å². The fourth-order valence-electron chi connectivity index (χ4n) is 2.62. The summed E-state index contributed by atoms with van der Waals surface area (Å²) in [6.07, 6.45) is 5.93. The van der Waals surface area contributed by atoms with Crippen molar-refractivity contribution in [1.29, 1.82) is 0 Å². The van der Waals surface area contributed by atoms with E-state index in [1.54, 1.807) is 6.07 Å². The summed E-state index contributed by atoms with van der Waals surface area (Å²) in [6, 6.07) is 4.11. The summed E-state index contributed by atoms with van der Waals surface area (Å²) in [6.45, 7) is 6.00. The van der Waals surface area contributed by atoms with Gasteiger partial charge in [0.2, 0.25) is 5.88 Å². The summed E-state index contributed by atoms with van der Waals surface area (Å²) in [7, 11) is 0. The van der Waals surface area contributed by atoms with Crippen LogP contribution in [0.2, 0.25) is 5.15 Å². The van der Waals surface area contributed by atoms with Gasteiger partial charge in [0.25, 0.3) is 0 Å². The number of fused-ring (bicyclic) bond motifs is 1. The number of hydrogen-bond donors (Lipinski definition) is 1. The van der Waals surface area contributed by atoms with E-state index in [-0.39, 0.29) is 6.10 Å². The number of aromatic nitrogens is 2. The highest BCUT2D eigenvalue weighted by Crippen LogP contribution is 2.29. The Morgan fingerprint density at radius 3 is 2.55 bits per heavy atom. The topological polar surface area (TPSA) is 61.0 Å². The molecule has 1 aliphatic carbocycles. The van der Waals surface area contributed by atoms with Gasteiger partial charge in [-0.25, -0.2) is 4.98 Å². The zero-order valence-electron chi connectivity index (χ0n) is 13.5. The van der Waals surface area contributed by atoms with E-state index in [1.807, 2.05) is 33.0 Å². The molecule has 2 aromatic rings. The van der Waals surface area contributed by atoms with E-state index in [4.69, 9.17) is 22.1 Å². The van der Waals surface area contributed by atoms with Gasteiger partial charge in [-0.3, -0.25) is 4.98 Å². The van der Waals surface area contributed by atoms with Gasteiger partial charge in [0, 0.05) is 18.3 Å². The van der Waals surface area contributed by atoms with E-state index in [1.165, 1.54) is 0 Å². The Kier molecular flexibility index (Phi) is 5.98. The van der Waals surface area contributed by atoms with Crippen molar-refractivity contribution in [3.8, 4) is 5.88 Å². The summed E-state index contributed by atoms with van der Waals surface area (Å²) in [5.41, 5.74) is 7.82. The van der Waals surface area contributed by atoms with Crippen molar-refractivity contribution in [2.45, 2.75) is 58.6 Å². The predicted molar refractivity (Wildman–Crippen MR) is 91.5 cm³/mol. The molecule has 1 fully saturated rings. The van der Waals surface area contributed by atoms with Crippen LogP contribution in [-0.4, -0.2) is 22.1 Å². The monoisotopic (exact) mass is 321 g/mol. The quantitative estimate of drug-likeness (QED) is 0.839. The lowest BCUT2D eigenvalue weighted by molar-refractivity contribution is 0.143. The van der Waals surface area contributed by atoms with Crippen molar-refractivity contribution < 1.29 is 4.74 Å². The first-order chi connectivity index (χ1) is 10.6. The molecule has 2 heterocycles. The maximum absolute atomic E-state index is 6.06. The van der Waals surface area contributed by atoms with Crippen LogP contribution in [0, 0.1) is 6.92 Å². The summed E-state index contributed by atoms with van der Waals surface area (Å²) in [5.74, 6) is 0.587. The van der Waals surface area contributed by atoms with Crippen LogP contribution in [0.15, 0.2) is 18.3 Å². The molecule has 1 aliphatic rings. The van der Waals surface area contributed by atoms with Crippen LogP contribution in [0.4, 0.5) is 0 Å². The smallest absolute Gasteiger partial charge is 0.224 e. The lowest BCUT2D eigenvalue weighted by atomic mass is 9.94. The molecule has 0 spiro atoms. The van der Waals surface area contributed by atoms with Crippen LogP contribution in [0.3, 0.4) is 0 Å². The number of aryl methyl sites for hydroxylation is 1. The number of hydrogen-bond acceptors (Lipinski definition) is 4. The van der Waals surface area contributed by atoms with Crippen LogP contribution in [-0.2, 0) is 0 Å². The van der Waals surface area contributed by atoms with E-state index >= 15 is 0 Å². The predicted octanol–water partition coefficient (Wildman–Crippen LogP) is 4.27. The number of nitrogens with zero attached hydrogens (tertiary/aromatic N) is 2. The SMILES string of the molecule is CC.Cc1cnc2cc(Cl)nc(OC3CCC(N)CC3)c2c1. The van der Waals surface area contributed by atoms with Crippen LogP contribution in [0.1, 0.15) is 45.1 Å². The van der Waals surface area contributed by atoms with Crippen LogP contribution in [0.5, 0.6) is 5.88 Å². The normalized spacial score (nSPS) is 21.1. The molecule has 1 saturated carbocycles. The van der Waals surface area contributed by atoms with Gasteiger partial charge < -0.3 is 10.5 Å². The summed E-state index contributed by atoms with van der Waals surface area (Å²) in [4.78, 5) is 8.71. The third-order valence-electron chi connectivity index (χ3n) is 3.75. The van der Waals surface area contributed by atoms with Gasteiger partial charge in [-0.15, -0.1) is 0 Å². The summed E-state index contributed by atoms with van der Waals surface area (Å²) in [5, 5.41) is 1.33. The lowest BCUT2D eigenvalue weighted by Gasteiger charge is -2.26. The minimum Gasteiger partial charge on any atom is -0.474 e. The molecule has 0 unspecified atom stereocenters. The molecule has 22 heavy (non-hydrogen) atoms. The minimum absolute atomic E-state index is 0.171. The zero-order chi connectivity index (χ0) is 16.1. The van der Waals surface area contributed by atoms with Crippen LogP contribution in [0.25, 0.3) is 10.9 Å². The molecule has 0 atom stereocenters. The zero-order valence-corrected chi connectivity index (χ0v) is 14.2. The van der Waals surface area contributed by atoms with Crippen LogP contribution >= 0.6 is 11.6 Å². The van der Waals surface area contributed by atoms with Crippen molar-refractivity contribution in [1.82, 2.24) is 9.97 Å². The van der Waals surface area contributed by atoms with Crippen molar-refractivity contribution in [3.63, 3.8) is 0 Å². The Bertz CT molecular complexity index is 625. The number of pyridine rings is 2. The summed E-state index contributed by atoms with van der Waals surface area (Å²) >= 11 is 6.05. The molecule has 0 amide bonds. The van der Waals surface area contributed by atoms with Gasteiger partial charge in [0.15, 0.2) is 0 Å². The van der Waals surface area contributed by atoms with Crippen molar-refractivity contribution in [2.24, 2.45) is 5.73 Å². The van der Waals surface area contributed by atoms with E-state index in [9.17, 15) is 0 Å². The van der Waals surface area contributed by atoms with Gasteiger partial charge in [-0.1, -0.05) is 25.4 Å². The first-order valence-corrected chi connectivity index (χ1v) is 8.35. The van der Waals surface area contributed by atoms with Crippen molar-refractivity contribution in [3.05, 3.63) is 29.0 Å². The number of ether oxygens (including phenoxy) is 1. The molecule has 0 aromatic carbocycles. The van der Waals surface area contributed by atoms with Gasteiger partial charge in [0.05, 0.1) is 10.9 Å². The first-order valence-electron chi connectivity index (χ1n) is 7.97. The molecule has 120 valence electrons. The maximum Gasteiger partial charge on any atom is 0.224 e. The van der Waals surface area contributed by atoms with E-state index in [0.717, 1.165) is 42.1 Å². The Labute approximate surface area is 137 Å². The Balaban J connectivity index is 0.000000847. The average Bonchev–Trinajstić information content (AvgIpc) is 2.52. The highest BCUT2D eigenvalue weighted by atomic mass is 35.5. The second-order valence-corrected chi connectivity index (χ2v) is 5.87. The Morgan fingerprint density at radius 2 is 1.86 bits per heavy atom. The second-order valence-electron chi connectivity index (χ2n) is 5.48. The maximum atomic E-state index is 6.06. The molecule has 0 aliphatic heterocycles. The lowest BCUT2D eigenvalue weighted by Crippen LogP contribution is -2.31. The largest absolute Gasteiger partial charge is 0.474 e. The molecule has 3 rings (SSSR count). The van der Waals surface area contributed by atoms with Crippen LogP contribution < -0.4 is 10.5 Å². The summed E-state index contributed by atoms with van der Waals surface area (Å²) < 4.78 is 6.06. The highest BCUT2D eigenvalue weighted by molar-refractivity contribution is 6.30. The molecular formula is C17H24ClN3O. The molecule has 0 bridgehead atoms. The van der Waals surface area contributed by atoms with E-state index in [2.05, 4.69) is 9.97 Å². The molecule has 5 heteroatoms. The number of nitrogens with two attached hydrogens (primary N) is 1. The fourth-order valence-corrected chi connectivity index (χ4v) is 2.80. The van der Waals surface area contributed by atoms with Gasteiger partial charge >= 0.3 is 0 Å². The highest BCUT2D eigenvalue weighted by Gasteiger charge is 2.21. The number of halogens is 1. The first kappa shape index (κ1) is 17.0. The molecule has 2 N–H and O–H groups in total. The Morgan fingerprint density at radius 1 is 1.18 bits per heavy atom. The molecule has 2 aromatic heterocycles. The minimum atomic E-state index is 0.171. The molecule has 0 saturated heterocycles. The third kappa shape index (κ3) is 4.08. The van der Waals surface area contributed by atoms with Gasteiger partial charge in [-0.2, -0.15) is 0 Å². The second kappa shape index (κ2) is 7.75. The average molecular weight is 322 g/mol. The van der Waals surface area contributed by atoms with Crippen molar-refractivity contribution in [2.75, 3.05) is 0 Å². The standard InChI is InChI=1S/C15H18ClN3O.C2H6/c1-9-6-12-13(18-8-9)7-14(16)19-15(12)20-11-4-2-10(17)3-5-11;1-2/h6-8,10-11H,2-5,17H2,1H3;1-2H3. The van der Waals surface area contributed by atoms with Crippen molar-refractivity contribution >= 4 is 22.5 Å². The number of rotatable bonds is 2. The van der Waals surface area contributed by atoms with Gasteiger partial charge in [0.1, 0.15) is 11.3 Å². The van der Waals surface area contributed by atoms with Gasteiger partial charge in [-0.05, 0) is 44.2 Å². The third-order valence-corrected chi connectivity index (χ3v) is 3.94. The fraction of sp³-hybridized carbons (Fsp3) is 0.529. The Hall–Kier alpha value is -1.39. The van der Waals surface area contributed by atoms with E-state index < -0.39 is 0 Å². The molecular weight excluding hydrogens is 298 g/mol.